The molecule has 1 aromatic heterocycles. The van der Waals surface area contributed by atoms with Crippen molar-refractivity contribution < 1.29 is 13.2 Å². The lowest BCUT2D eigenvalue weighted by Crippen LogP contribution is -2.15. The predicted octanol–water partition coefficient (Wildman–Crippen LogP) is 2.24. The molecule has 0 saturated carbocycles. The Morgan fingerprint density at radius 2 is 1.81 bits per heavy atom. The third kappa shape index (κ3) is 3.56. The fourth-order valence-electron chi connectivity index (χ4n) is 2.82. The van der Waals surface area contributed by atoms with Crippen molar-refractivity contribution in [1.82, 2.24) is 9.97 Å². The standard InChI is InChI=1S/C19H20N4O3S/c1-11(2)27(25,26)16-9-13(8-15-18(16)23-19(21)22-15)14(10-17(20)24)12-6-4-3-5-7-12/h3-11H,1-2H3,(H2,20,24)(H3,21,22,23)/b14-10+. The average molecular weight is 384 g/mol. The highest BCUT2D eigenvalue weighted by Crippen LogP contribution is 2.32. The Kier molecular flexibility index (Phi) is 4.75. The van der Waals surface area contributed by atoms with Crippen LogP contribution in [-0.4, -0.2) is 29.5 Å². The van der Waals surface area contributed by atoms with E-state index in [1.54, 1.807) is 19.9 Å². The van der Waals surface area contributed by atoms with Gasteiger partial charge in [0.1, 0.15) is 5.52 Å². The van der Waals surface area contributed by atoms with Crippen LogP contribution < -0.4 is 11.5 Å². The quantitative estimate of drug-likeness (QED) is 0.580. The molecule has 0 radical (unpaired) electrons. The van der Waals surface area contributed by atoms with E-state index in [4.69, 9.17) is 11.5 Å². The molecule has 0 spiro atoms. The maximum Gasteiger partial charge on any atom is 0.242 e. The molecule has 8 heteroatoms. The predicted molar refractivity (Wildman–Crippen MR) is 106 cm³/mol. The van der Waals surface area contributed by atoms with E-state index in [0.29, 0.717) is 16.7 Å². The molecular formula is C19H20N4O3S. The molecule has 2 aromatic carbocycles. The molecule has 0 aliphatic heterocycles. The van der Waals surface area contributed by atoms with Gasteiger partial charge in [-0.3, -0.25) is 4.79 Å². The van der Waals surface area contributed by atoms with Crippen LogP contribution in [0.4, 0.5) is 5.95 Å². The molecule has 27 heavy (non-hydrogen) atoms. The van der Waals surface area contributed by atoms with Crippen molar-refractivity contribution in [2.45, 2.75) is 24.0 Å². The lowest BCUT2D eigenvalue weighted by atomic mass is 9.97. The number of fused-ring (bicyclic) bond motifs is 1. The SMILES string of the molecule is CC(C)S(=O)(=O)c1cc(/C(=C/C(N)=O)c2ccccc2)cc2[nH]c(N)nc12. The van der Waals surface area contributed by atoms with Gasteiger partial charge in [0.2, 0.25) is 5.91 Å². The number of anilines is 1. The van der Waals surface area contributed by atoms with Crippen molar-refractivity contribution in [3.63, 3.8) is 0 Å². The van der Waals surface area contributed by atoms with E-state index in [0.717, 1.165) is 5.56 Å². The van der Waals surface area contributed by atoms with Gasteiger partial charge in [-0.25, -0.2) is 13.4 Å². The van der Waals surface area contributed by atoms with Crippen LogP contribution in [-0.2, 0) is 14.6 Å². The molecule has 0 saturated heterocycles. The second kappa shape index (κ2) is 6.88. The smallest absolute Gasteiger partial charge is 0.242 e. The number of carbonyl (C=O) groups is 1. The van der Waals surface area contributed by atoms with E-state index in [2.05, 4.69) is 9.97 Å². The number of amides is 1. The second-order valence-electron chi connectivity index (χ2n) is 6.41. The van der Waals surface area contributed by atoms with Crippen LogP contribution >= 0.6 is 0 Å². The number of primary amides is 1. The molecule has 140 valence electrons. The minimum absolute atomic E-state index is 0.0595. The number of aromatic nitrogens is 2. The van der Waals surface area contributed by atoms with Crippen LogP contribution in [0.5, 0.6) is 0 Å². The van der Waals surface area contributed by atoms with Crippen LogP contribution in [0.15, 0.2) is 53.4 Å². The van der Waals surface area contributed by atoms with Crippen LogP contribution in [0.3, 0.4) is 0 Å². The monoisotopic (exact) mass is 384 g/mol. The summed E-state index contributed by atoms with van der Waals surface area (Å²) in [4.78, 5) is 18.7. The van der Waals surface area contributed by atoms with Gasteiger partial charge in [-0.05, 0) is 42.7 Å². The summed E-state index contributed by atoms with van der Waals surface area (Å²) in [5.74, 6) is -0.520. The highest BCUT2D eigenvalue weighted by Gasteiger charge is 2.25. The third-order valence-electron chi connectivity index (χ3n) is 4.18. The zero-order valence-electron chi connectivity index (χ0n) is 14.9. The Labute approximate surface area is 157 Å². The second-order valence-corrected chi connectivity index (χ2v) is 8.89. The molecule has 1 amide bonds. The Hall–Kier alpha value is -3.13. The number of aromatic amines is 1. The van der Waals surface area contributed by atoms with Crippen molar-refractivity contribution in [3.05, 3.63) is 59.7 Å². The number of nitrogens with zero attached hydrogens (tertiary/aromatic N) is 1. The molecule has 3 rings (SSSR count). The highest BCUT2D eigenvalue weighted by molar-refractivity contribution is 7.92. The van der Waals surface area contributed by atoms with E-state index >= 15 is 0 Å². The number of rotatable bonds is 5. The number of benzene rings is 2. The summed E-state index contributed by atoms with van der Waals surface area (Å²) in [5.41, 5.74) is 13.6. The first-order chi connectivity index (χ1) is 12.7. The van der Waals surface area contributed by atoms with Crippen molar-refractivity contribution >= 4 is 38.3 Å². The molecule has 0 unspecified atom stereocenters. The summed E-state index contributed by atoms with van der Waals surface area (Å²) < 4.78 is 25.8. The van der Waals surface area contributed by atoms with Crippen molar-refractivity contribution in [2.24, 2.45) is 5.73 Å². The molecule has 1 heterocycles. The van der Waals surface area contributed by atoms with E-state index in [9.17, 15) is 13.2 Å². The summed E-state index contributed by atoms with van der Waals surface area (Å²) in [6, 6.07) is 12.3. The molecule has 0 aliphatic rings. The zero-order chi connectivity index (χ0) is 19.8. The number of nitrogen functional groups attached to an aromatic ring is 1. The molecular weight excluding hydrogens is 364 g/mol. The molecule has 0 atom stereocenters. The minimum atomic E-state index is -3.64. The molecule has 7 nitrogen and oxygen atoms in total. The van der Waals surface area contributed by atoms with Gasteiger partial charge < -0.3 is 16.5 Å². The Morgan fingerprint density at radius 1 is 1.15 bits per heavy atom. The van der Waals surface area contributed by atoms with Crippen LogP contribution in [0, 0.1) is 0 Å². The van der Waals surface area contributed by atoms with Crippen molar-refractivity contribution in [2.75, 3.05) is 5.73 Å². The van der Waals surface area contributed by atoms with Gasteiger partial charge in [0, 0.05) is 6.08 Å². The number of nitrogens with two attached hydrogens (primary N) is 2. The summed E-state index contributed by atoms with van der Waals surface area (Å²) >= 11 is 0. The fraction of sp³-hybridized carbons (Fsp3) is 0.158. The normalized spacial score (nSPS) is 12.6. The number of carbonyl (C=O) groups excluding carboxylic acids is 1. The first-order valence-electron chi connectivity index (χ1n) is 8.30. The lowest BCUT2D eigenvalue weighted by molar-refractivity contribution is -0.113. The molecule has 5 N–H and O–H groups in total. The van der Waals surface area contributed by atoms with Gasteiger partial charge in [0.15, 0.2) is 15.8 Å². The number of hydrogen-bond donors (Lipinski definition) is 3. The summed E-state index contributed by atoms with van der Waals surface area (Å²) in [6.07, 6.45) is 1.28. The van der Waals surface area contributed by atoms with Gasteiger partial charge in [0.25, 0.3) is 0 Å². The van der Waals surface area contributed by atoms with Gasteiger partial charge >= 0.3 is 0 Å². The van der Waals surface area contributed by atoms with Crippen molar-refractivity contribution in [3.8, 4) is 0 Å². The first-order valence-corrected chi connectivity index (χ1v) is 9.85. The molecule has 0 aliphatic carbocycles. The van der Waals surface area contributed by atoms with Gasteiger partial charge in [-0.2, -0.15) is 0 Å². The zero-order valence-corrected chi connectivity index (χ0v) is 15.7. The number of sulfone groups is 1. The maximum absolute atomic E-state index is 12.9. The van der Waals surface area contributed by atoms with Crippen molar-refractivity contribution in [1.29, 1.82) is 0 Å². The van der Waals surface area contributed by atoms with E-state index < -0.39 is 21.0 Å². The van der Waals surface area contributed by atoms with Crippen LogP contribution in [0.25, 0.3) is 16.6 Å². The number of nitrogens with one attached hydrogen (secondary N) is 1. The third-order valence-corrected chi connectivity index (χ3v) is 6.34. The van der Waals surface area contributed by atoms with Crippen LogP contribution in [0.1, 0.15) is 25.0 Å². The minimum Gasteiger partial charge on any atom is -0.369 e. The van der Waals surface area contributed by atoms with E-state index in [1.165, 1.54) is 12.1 Å². The van der Waals surface area contributed by atoms with Crippen LogP contribution in [0.2, 0.25) is 0 Å². The lowest BCUT2D eigenvalue weighted by Gasteiger charge is -2.13. The van der Waals surface area contributed by atoms with E-state index in [1.807, 2.05) is 30.3 Å². The Balaban J connectivity index is 2.36. The largest absolute Gasteiger partial charge is 0.369 e. The Bertz CT molecular complexity index is 1150. The summed E-state index contributed by atoms with van der Waals surface area (Å²) in [5, 5.41) is -0.644. The maximum atomic E-state index is 12.9. The van der Waals surface area contributed by atoms with Gasteiger partial charge in [-0.15, -0.1) is 0 Å². The van der Waals surface area contributed by atoms with Gasteiger partial charge in [0.05, 0.1) is 15.7 Å². The summed E-state index contributed by atoms with van der Waals surface area (Å²) in [7, 11) is -3.64. The first kappa shape index (κ1) is 18.7. The average Bonchev–Trinajstić information content (AvgIpc) is 2.99. The van der Waals surface area contributed by atoms with Gasteiger partial charge in [-0.1, -0.05) is 30.3 Å². The topological polar surface area (TPSA) is 132 Å². The number of imidazole rings is 1. The Morgan fingerprint density at radius 3 is 2.41 bits per heavy atom. The molecule has 0 bridgehead atoms. The van der Waals surface area contributed by atoms with E-state index in [-0.39, 0.29) is 16.4 Å². The fourth-order valence-corrected chi connectivity index (χ4v) is 4.05. The summed E-state index contributed by atoms with van der Waals surface area (Å²) in [6.45, 7) is 3.20. The highest BCUT2D eigenvalue weighted by atomic mass is 32.2. The molecule has 0 fully saturated rings. The molecule has 3 aromatic rings. The number of H-pyrrole nitrogens is 1. The number of hydrogen-bond acceptors (Lipinski definition) is 5.